The van der Waals surface area contributed by atoms with Crippen LogP contribution in [-0.4, -0.2) is 410 Å². The van der Waals surface area contributed by atoms with Gasteiger partial charge < -0.3 is 134 Å². The smallest absolute Gasteiger partial charge is 0.407 e. The molecule has 3 aliphatic carbocycles. The number of ether oxygens (including phenoxy) is 25. The molecule has 6 rings (SSSR count). The minimum absolute atomic E-state index is 0.00141. The average Bonchev–Trinajstić information content (AvgIpc) is 1.64. The lowest BCUT2D eigenvalue weighted by molar-refractivity contribution is -0.0317. The number of methoxy groups -OCH3 is 1. The Bertz CT molecular complexity index is 3140. The highest BCUT2D eigenvalue weighted by molar-refractivity contribution is 5.68. The van der Waals surface area contributed by atoms with Gasteiger partial charge in [0.15, 0.2) is 0 Å². The zero-order chi connectivity index (χ0) is 92.1. The van der Waals surface area contributed by atoms with Gasteiger partial charge in [-0.1, -0.05) is 62.3 Å². The van der Waals surface area contributed by atoms with Gasteiger partial charge in [-0.15, -0.1) is 0 Å². The molecular formula is C89H164N8O31. The average molecular weight is 1840 g/mol. The van der Waals surface area contributed by atoms with Crippen LogP contribution in [0.4, 0.5) is 14.4 Å². The molecular weight excluding hydrogens is 1680 g/mol. The summed E-state index contributed by atoms with van der Waals surface area (Å²) < 4.78 is 142. The highest BCUT2D eigenvalue weighted by Gasteiger charge is 2.47. The predicted molar refractivity (Wildman–Crippen MR) is 473 cm³/mol. The summed E-state index contributed by atoms with van der Waals surface area (Å²) in [6.07, 6.45) is 3.60. The fraction of sp³-hybridized carbons (Fsp3) is 0.933. The second-order valence-electron chi connectivity index (χ2n) is 36.8. The molecule has 6 unspecified atom stereocenters. The van der Waals surface area contributed by atoms with Gasteiger partial charge in [-0.3, -0.25) is 9.80 Å². The van der Waals surface area contributed by atoms with Crippen LogP contribution in [0.2, 0.25) is 0 Å². The Morgan fingerprint density at radius 3 is 0.586 bits per heavy atom. The number of nitrogens with one attached hydrogen (secondary N) is 3. The lowest BCUT2D eigenvalue weighted by Crippen LogP contribution is -2.60. The summed E-state index contributed by atoms with van der Waals surface area (Å²) in [5, 5.41) is 9.26. The summed E-state index contributed by atoms with van der Waals surface area (Å²) >= 11 is 0. The predicted octanol–water partition coefficient (Wildman–Crippen LogP) is 4.73. The quantitative estimate of drug-likeness (QED) is 0.0450. The largest absolute Gasteiger partial charge is 0.448 e. The standard InChI is InChI=1S/C89H164N8O31/c1-84(2)63-75(90-78(98)126-17-15-93-11-12-93)66-87(7,69-84)72-95-81(101)96(73-88(8)67-76(64-85(3,4)70-88)91-79(99)127-18-16-94-13-14-94)83(103)97(82(95)102)74-89(9)68-77(65-86(5,6)71-89)92-80(100)128-62-61-125-60-59-124-58-57-123-56-55-122-54-53-121-52-51-120-50-49-119-48-47-118-46-45-117-44-43-116-42-41-115-40-39-114-38-37-113-36-35-112-34-33-111-32-31-110-30-29-109-28-27-108-26-25-107-24-23-106-22-21-105-20-19-104-10/h75-77H,11-74H2,1-10H3,(H,90,98)(H,91,99)(H,92,100). The van der Waals surface area contributed by atoms with Crippen LogP contribution >= 0.6 is 0 Å². The van der Waals surface area contributed by atoms with E-state index in [1.54, 1.807) is 7.11 Å². The van der Waals surface area contributed by atoms with E-state index in [-0.39, 0.29) is 87.0 Å². The molecule has 5 fully saturated rings. The normalized spacial score (nSPS) is 21.4. The molecule has 746 valence electrons. The Balaban J connectivity index is 0.689. The van der Waals surface area contributed by atoms with Crippen LogP contribution in [0.25, 0.3) is 0 Å². The molecule has 0 bridgehead atoms. The number of aromatic nitrogens is 3. The van der Waals surface area contributed by atoms with Gasteiger partial charge in [0.1, 0.15) is 19.8 Å². The molecule has 0 radical (unpaired) electrons. The van der Waals surface area contributed by atoms with E-state index in [1.807, 2.05) is 20.8 Å². The third-order valence-electron chi connectivity index (χ3n) is 22.0. The topological polar surface area (TPSA) is 390 Å². The van der Waals surface area contributed by atoms with E-state index in [0.29, 0.717) is 342 Å². The number of amides is 3. The zero-order valence-electron chi connectivity index (χ0n) is 79.4. The number of hydrogen-bond acceptors (Lipinski definition) is 33. The van der Waals surface area contributed by atoms with Gasteiger partial charge in [0, 0.05) is 84.1 Å². The van der Waals surface area contributed by atoms with Crippen molar-refractivity contribution in [3.05, 3.63) is 31.5 Å². The van der Waals surface area contributed by atoms with Crippen LogP contribution in [0, 0.1) is 32.5 Å². The van der Waals surface area contributed by atoms with Gasteiger partial charge in [-0.05, 0) is 90.3 Å². The molecule has 1 aromatic rings. The van der Waals surface area contributed by atoms with Crippen molar-refractivity contribution < 1.29 is 133 Å². The maximum absolute atomic E-state index is 15.3. The summed E-state index contributed by atoms with van der Waals surface area (Å²) in [4.78, 5) is 89.9. The number of rotatable bonds is 81. The van der Waals surface area contributed by atoms with Crippen molar-refractivity contribution in [2.45, 2.75) is 158 Å². The summed E-state index contributed by atoms with van der Waals surface area (Å²) in [5.74, 6) is 0. The first-order chi connectivity index (χ1) is 61.8. The fourth-order valence-electron chi connectivity index (χ4n) is 17.4. The van der Waals surface area contributed by atoms with Crippen molar-refractivity contribution in [1.82, 2.24) is 39.5 Å². The molecule has 2 aliphatic heterocycles. The minimum atomic E-state index is -0.708. The number of alkyl carbamates (subject to hydrolysis) is 3. The van der Waals surface area contributed by atoms with Crippen LogP contribution in [-0.2, 0) is 138 Å². The third-order valence-corrected chi connectivity index (χ3v) is 22.0. The minimum Gasteiger partial charge on any atom is -0.448 e. The van der Waals surface area contributed by atoms with E-state index in [4.69, 9.17) is 118 Å². The molecule has 3 heterocycles. The van der Waals surface area contributed by atoms with Crippen LogP contribution in [0.3, 0.4) is 0 Å². The monoisotopic (exact) mass is 1840 g/mol. The van der Waals surface area contributed by atoms with E-state index in [9.17, 15) is 14.4 Å². The lowest BCUT2D eigenvalue weighted by Gasteiger charge is -2.48. The summed E-state index contributed by atoms with van der Waals surface area (Å²) in [7, 11) is 1.64. The van der Waals surface area contributed by atoms with Gasteiger partial charge in [0.2, 0.25) is 0 Å². The highest BCUT2D eigenvalue weighted by atomic mass is 16.6. The molecule has 0 spiro atoms. The van der Waals surface area contributed by atoms with E-state index >= 15 is 14.4 Å². The van der Waals surface area contributed by atoms with E-state index in [1.165, 1.54) is 13.7 Å². The molecule has 1 aromatic heterocycles. The molecule has 6 atom stereocenters. The van der Waals surface area contributed by atoms with Crippen molar-refractivity contribution >= 4 is 18.3 Å². The molecule has 3 N–H and O–H groups in total. The van der Waals surface area contributed by atoms with Gasteiger partial charge in [0.05, 0.1) is 284 Å². The second kappa shape index (κ2) is 65.8. The first-order valence-electron chi connectivity index (χ1n) is 46.6. The second-order valence-corrected chi connectivity index (χ2v) is 36.8. The van der Waals surface area contributed by atoms with Crippen LogP contribution in [0.5, 0.6) is 0 Å². The van der Waals surface area contributed by atoms with Crippen LogP contribution in [0.1, 0.15) is 120 Å². The maximum atomic E-state index is 15.3. The van der Waals surface area contributed by atoms with E-state index in [0.717, 1.165) is 26.2 Å². The summed E-state index contributed by atoms with van der Waals surface area (Å²) in [6.45, 7) is 44.3. The Kier molecular flexibility index (Phi) is 57.6. The van der Waals surface area contributed by atoms with Crippen molar-refractivity contribution in [3.63, 3.8) is 0 Å². The van der Waals surface area contributed by atoms with Crippen LogP contribution in [0.15, 0.2) is 14.4 Å². The number of nitrogens with zero attached hydrogens (tertiary/aromatic N) is 5. The highest BCUT2D eigenvalue weighted by Crippen LogP contribution is 2.50. The van der Waals surface area contributed by atoms with E-state index in [2.05, 4.69) is 67.3 Å². The third kappa shape index (κ3) is 54.0. The van der Waals surface area contributed by atoms with Crippen molar-refractivity contribution in [2.24, 2.45) is 32.5 Å². The number of hydrogen-bond donors (Lipinski definition) is 3. The first kappa shape index (κ1) is 112. The van der Waals surface area contributed by atoms with Crippen LogP contribution < -0.4 is 33.0 Å². The Morgan fingerprint density at radius 2 is 0.414 bits per heavy atom. The first-order valence-corrected chi connectivity index (χ1v) is 46.6. The van der Waals surface area contributed by atoms with Gasteiger partial charge >= 0.3 is 35.3 Å². The maximum Gasteiger partial charge on any atom is 0.407 e. The molecule has 39 nitrogen and oxygen atoms in total. The van der Waals surface area contributed by atoms with Gasteiger partial charge in [-0.2, -0.15) is 0 Å². The molecule has 3 amide bonds. The number of carbonyl (C=O) groups excluding carboxylic acids is 3. The molecule has 0 aromatic carbocycles. The Hall–Kier alpha value is -4.74. The Morgan fingerprint density at radius 1 is 0.250 bits per heavy atom. The fourth-order valence-corrected chi connectivity index (χ4v) is 17.4. The van der Waals surface area contributed by atoms with Gasteiger partial charge in [-0.25, -0.2) is 42.5 Å². The van der Waals surface area contributed by atoms with Crippen molar-refractivity contribution in [3.8, 4) is 0 Å². The summed E-state index contributed by atoms with van der Waals surface area (Å²) in [5.41, 5.74) is -5.06. The van der Waals surface area contributed by atoms with Crippen molar-refractivity contribution in [1.29, 1.82) is 0 Å². The molecule has 5 aliphatic rings. The molecule has 3 saturated carbocycles. The number of carbonyl (C=O) groups is 3. The zero-order valence-corrected chi connectivity index (χ0v) is 79.4. The summed E-state index contributed by atoms with van der Waals surface area (Å²) in [6, 6.07) is -0.963. The Labute approximate surface area is 759 Å². The lowest BCUT2D eigenvalue weighted by atomic mass is 9.62. The SMILES string of the molecule is COCCOCCOCCOCCOCCOCCOCCOCCOCCOCCOCCOCCOCCOCCOCCOCCOCCOCCOCCOCCOCCOCCOC(=O)NC1CC(C)(C)CC(C)(Cn2c(=O)n(CC3(C)CC(NC(=O)OCCN4CC4)CC(C)(C)C3)c(=O)n(CC3(C)CC(NC(=O)OCCN4CC4)CC(C)(C)C3)c2=O)C1. The van der Waals surface area contributed by atoms with Crippen molar-refractivity contribution in [2.75, 3.05) is 350 Å². The van der Waals surface area contributed by atoms with E-state index < -0.39 is 51.6 Å². The molecule has 128 heavy (non-hydrogen) atoms. The van der Waals surface area contributed by atoms with Gasteiger partial charge in [0.25, 0.3) is 0 Å². The molecule has 2 saturated heterocycles. The molecule has 39 heteroatoms.